The Kier molecular flexibility index (Phi) is 7.28. The number of hydrogen-bond donors (Lipinski definition) is 2. The molecule has 1 unspecified atom stereocenters. The second kappa shape index (κ2) is 8.48. The molecule has 1 aliphatic rings. The summed E-state index contributed by atoms with van der Waals surface area (Å²) < 4.78 is 5.84. The van der Waals surface area contributed by atoms with Crippen molar-refractivity contribution in [1.82, 2.24) is 10.6 Å². The van der Waals surface area contributed by atoms with Crippen molar-refractivity contribution in [3.63, 3.8) is 0 Å². The molecule has 1 saturated carbocycles. The van der Waals surface area contributed by atoms with Crippen LogP contribution >= 0.6 is 0 Å². The molecule has 0 aromatic heterocycles. The lowest BCUT2D eigenvalue weighted by atomic mass is 9.93. The quantitative estimate of drug-likeness (QED) is 0.731. The first kappa shape index (κ1) is 15.4. The summed E-state index contributed by atoms with van der Waals surface area (Å²) in [5.41, 5.74) is 0. The molecule has 18 heavy (non-hydrogen) atoms. The van der Waals surface area contributed by atoms with E-state index < -0.39 is 0 Å². The van der Waals surface area contributed by atoms with Crippen LogP contribution in [0.5, 0.6) is 0 Å². The molecular weight excluding hydrogens is 228 g/mol. The molecule has 0 spiro atoms. The summed E-state index contributed by atoms with van der Waals surface area (Å²) in [5.74, 6) is 0.0191. The van der Waals surface area contributed by atoms with Gasteiger partial charge in [0.05, 0.1) is 6.10 Å². The van der Waals surface area contributed by atoms with Crippen molar-refractivity contribution >= 4 is 5.91 Å². The van der Waals surface area contributed by atoms with Crippen molar-refractivity contribution in [2.45, 2.75) is 71.1 Å². The van der Waals surface area contributed by atoms with E-state index in [0.717, 1.165) is 45.2 Å². The highest BCUT2D eigenvalue weighted by Gasteiger charge is 2.24. The summed E-state index contributed by atoms with van der Waals surface area (Å²) >= 11 is 0. The fourth-order valence-corrected chi connectivity index (χ4v) is 2.43. The number of carbonyl (C=O) groups is 1. The molecule has 4 heteroatoms. The van der Waals surface area contributed by atoms with E-state index >= 15 is 0 Å². The van der Waals surface area contributed by atoms with Gasteiger partial charge in [-0.3, -0.25) is 4.79 Å². The van der Waals surface area contributed by atoms with Crippen molar-refractivity contribution < 1.29 is 9.53 Å². The van der Waals surface area contributed by atoms with Crippen LogP contribution < -0.4 is 10.6 Å². The van der Waals surface area contributed by atoms with Crippen molar-refractivity contribution in [1.29, 1.82) is 0 Å². The van der Waals surface area contributed by atoms with E-state index in [1.165, 1.54) is 0 Å². The van der Waals surface area contributed by atoms with Gasteiger partial charge in [0.15, 0.2) is 0 Å². The van der Waals surface area contributed by atoms with E-state index in [-0.39, 0.29) is 18.1 Å². The molecule has 106 valence electrons. The zero-order chi connectivity index (χ0) is 13.4. The molecule has 1 amide bonds. The number of carbonyl (C=O) groups excluding carboxylic acids is 1. The van der Waals surface area contributed by atoms with E-state index in [0.29, 0.717) is 6.04 Å². The number of amides is 1. The Labute approximate surface area is 111 Å². The zero-order valence-corrected chi connectivity index (χ0v) is 12.0. The van der Waals surface area contributed by atoms with Gasteiger partial charge < -0.3 is 15.4 Å². The van der Waals surface area contributed by atoms with Crippen molar-refractivity contribution in [3.8, 4) is 0 Å². The maximum Gasteiger partial charge on any atom is 0.248 e. The Morgan fingerprint density at radius 1 is 1.28 bits per heavy atom. The highest BCUT2D eigenvalue weighted by atomic mass is 16.5. The minimum absolute atomic E-state index is 0.0191. The third-order valence-electron chi connectivity index (χ3n) is 3.48. The smallest absolute Gasteiger partial charge is 0.248 e. The maximum absolute atomic E-state index is 11.7. The molecule has 0 saturated heterocycles. The van der Waals surface area contributed by atoms with E-state index in [2.05, 4.69) is 17.6 Å². The standard InChI is InChI=1S/C14H28N2O2/c1-4-10-16-14(17)11(3)18-13-8-6-12(7-9-13)15-5-2/h11-13,15H,4-10H2,1-3H3,(H,16,17). The summed E-state index contributed by atoms with van der Waals surface area (Å²) in [6, 6.07) is 0.638. The third-order valence-corrected chi connectivity index (χ3v) is 3.48. The predicted octanol–water partition coefficient (Wildman–Crippen LogP) is 1.84. The molecule has 0 aromatic rings. The molecule has 1 rings (SSSR count). The second-order valence-electron chi connectivity index (χ2n) is 5.10. The van der Waals surface area contributed by atoms with Gasteiger partial charge in [0, 0.05) is 12.6 Å². The van der Waals surface area contributed by atoms with Gasteiger partial charge in [-0.25, -0.2) is 0 Å². The molecule has 1 atom stereocenters. The largest absolute Gasteiger partial charge is 0.365 e. The van der Waals surface area contributed by atoms with Crippen LogP contribution in [0.4, 0.5) is 0 Å². The van der Waals surface area contributed by atoms with E-state index in [1.807, 2.05) is 13.8 Å². The highest BCUT2D eigenvalue weighted by Crippen LogP contribution is 2.22. The monoisotopic (exact) mass is 256 g/mol. The predicted molar refractivity (Wildman–Crippen MR) is 73.6 cm³/mol. The summed E-state index contributed by atoms with van der Waals surface area (Å²) in [6.07, 6.45) is 5.32. The van der Waals surface area contributed by atoms with Crippen LogP contribution in [0.15, 0.2) is 0 Å². The second-order valence-corrected chi connectivity index (χ2v) is 5.10. The normalized spacial score (nSPS) is 25.7. The Morgan fingerprint density at radius 2 is 1.94 bits per heavy atom. The molecule has 0 bridgehead atoms. The molecule has 1 aliphatic carbocycles. The van der Waals surface area contributed by atoms with Gasteiger partial charge in [0.2, 0.25) is 5.91 Å². The summed E-state index contributed by atoms with van der Waals surface area (Å²) in [5, 5.41) is 6.35. The van der Waals surface area contributed by atoms with Gasteiger partial charge >= 0.3 is 0 Å². The molecule has 4 nitrogen and oxygen atoms in total. The Balaban J connectivity index is 2.21. The molecule has 0 aliphatic heterocycles. The first-order chi connectivity index (χ1) is 8.67. The maximum atomic E-state index is 11.7. The van der Waals surface area contributed by atoms with Gasteiger partial charge in [0.25, 0.3) is 0 Å². The summed E-state index contributed by atoms with van der Waals surface area (Å²) in [6.45, 7) is 7.81. The lowest BCUT2D eigenvalue weighted by Crippen LogP contribution is -2.40. The Morgan fingerprint density at radius 3 is 2.50 bits per heavy atom. The average Bonchev–Trinajstić information content (AvgIpc) is 2.38. The van der Waals surface area contributed by atoms with E-state index in [1.54, 1.807) is 0 Å². The fraction of sp³-hybridized carbons (Fsp3) is 0.929. The first-order valence-corrected chi connectivity index (χ1v) is 7.33. The Bertz CT molecular complexity index is 238. The molecule has 0 heterocycles. The lowest BCUT2D eigenvalue weighted by Gasteiger charge is -2.30. The molecule has 1 fully saturated rings. The van der Waals surface area contributed by atoms with Crippen LogP contribution in [0, 0.1) is 0 Å². The van der Waals surface area contributed by atoms with Crippen LogP contribution in [-0.4, -0.2) is 37.2 Å². The number of nitrogens with one attached hydrogen (secondary N) is 2. The van der Waals surface area contributed by atoms with Crippen molar-refractivity contribution in [2.24, 2.45) is 0 Å². The van der Waals surface area contributed by atoms with Gasteiger partial charge in [-0.05, 0) is 45.6 Å². The van der Waals surface area contributed by atoms with Crippen molar-refractivity contribution in [3.05, 3.63) is 0 Å². The lowest BCUT2D eigenvalue weighted by molar-refractivity contribution is -0.136. The van der Waals surface area contributed by atoms with Crippen LogP contribution in [0.25, 0.3) is 0 Å². The first-order valence-electron chi connectivity index (χ1n) is 7.33. The van der Waals surface area contributed by atoms with Gasteiger partial charge in [-0.2, -0.15) is 0 Å². The SMILES string of the molecule is CCCNC(=O)C(C)OC1CCC(NCC)CC1. The Hall–Kier alpha value is -0.610. The average molecular weight is 256 g/mol. The fourth-order valence-electron chi connectivity index (χ4n) is 2.43. The summed E-state index contributed by atoms with van der Waals surface area (Å²) in [7, 11) is 0. The number of ether oxygens (including phenoxy) is 1. The van der Waals surface area contributed by atoms with Crippen LogP contribution in [0.2, 0.25) is 0 Å². The van der Waals surface area contributed by atoms with Crippen LogP contribution in [0.3, 0.4) is 0 Å². The number of hydrogen-bond acceptors (Lipinski definition) is 3. The molecule has 0 aromatic carbocycles. The van der Waals surface area contributed by atoms with E-state index in [9.17, 15) is 4.79 Å². The van der Waals surface area contributed by atoms with Gasteiger partial charge in [-0.15, -0.1) is 0 Å². The third kappa shape index (κ3) is 5.36. The van der Waals surface area contributed by atoms with Crippen molar-refractivity contribution in [2.75, 3.05) is 13.1 Å². The number of rotatable bonds is 7. The minimum atomic E-state index is -0.322. The van der Waals surface area contributed by atoms with Crippen LogP contribution in [0.1, 0.15) is 52.9 Å². The minimum Gasteiger partial charge on any atom is -0.365 e. The highest BCUT2D eigenvalue weighted by molar-refractivity contribution is 5.80. The van der Waals surface area contributed by atoms with Gasteiger partial charge in [-0.1, -0.05) is 13.8 Å². The molecular formula is C14H28N2O2. The van der Waals surface area contributed by atoms with Gasteiger partial charge in [0.1, 0.15) is 6.10 Å². The molecule has 0 radical (unpaired) electrons. The van der Waals surface area contributed by atoms with Crippen LogP contribution in [-0.2, 0) is 9.53 Å². The zero-order valence-electron chi connectivity index (χ0n) is 12.0. The topological polar surface area (TPSA) is 50.4 Å². The summed E-state index contributed by atoms with van der Waals surface area (Å²) in [4.78, 5) is 11.7. The van der Waals surface area contributed by atoms with E-state index in [4.69, 9.17) is 4.74 Å². The molecule has 2 N–H and O–H groups in total.